The minimum absolute atomic E-state index is 0.0319. The van der Waals surface area contributed by atoms with Crippen LogP contribution in [0.1, 0.15) is 58.1 Å². The third kappa shape index (κ3) is 2.37. The highest BCUT2D eigenvalue weighted by atomic mass is 19.1. The first-order chi connectivity index (χ1) is 11.9. The molecule has 1 aromatic rings. The van der Waals surface area contributed by atoms with Gasteiger partial charge < -0.3 is 10.1 Å². The molecule has 1 amide bonds. The largest absolute Gasteiger partial charge is 0.373 e. The second-order valence-corrected chi connectivity index (χ2v) is 8.71. The summed E-state index contributed by atoms with van der Waals surface area (Å²) in [5, 5.41) is 3.34. The molecule has 25 heavy (non-hydrogen) atoms. The van der Waals surface area contributed by atoms with Crippen LogP contribution in [0.3, 0.4) is 0 Å². The minimum atomic E-state index is -0.197. The van der Waals surface area contributed by atoms with E-state index in [2.05, 4.69) is 19.2 Å². The fraction of sp³-hybridized carbons (Fsp3) is 0.667. The normalized spacial score (nSPS) is 38.4. The van der Waals surface area contributed by atoms with Crippen LogP contribution < -0.4 is 5.32 Å². The molecule has 3 nitrogen and oxygen atoms in total. The monoisotopic (exact) mass is 345 g/mol. The molecule has 3 fully saturated rings. The molecular formula is C21H28FNO2. The van der Waals surface area contributed by atoms with Crippen LogP contribution in [0.15, 0.2) is 24.3 Å². The van der Waals surface area contributed by atoms with Crippen molar-refractivity contribution in [2.75, 3.05) is 6.61 Å². The number of rotatable bonds is 3. The average Bonchev–Trinajstić information content (AvgIpc) is 3.08. The third-order valence-corrected chi connectivity index (χ3v) is 7.34. The van der Waals surface area contributed by atoms with E-state index in [1.54, 1.807) is 6.07 Å². The first-order valence-electron chi connectivity index (χ1n) is 9.55. The molecule has 1 heterocycles. The lowest BCUT2D eigenvalue weighted by Crippen LogP contribution is -2.58. The first-order valence-corrected chi connectivity index (χ1v) is 9.55. The van der Waals surface area contributed by atoms with Crippen molar-refractivity contribution in [1.82, 2.24) is 5.32 Å². The molecule has 2 saturated carbocycles. The van der Waals surface area contributed by atoms with Gasteiger partial charge in [-0.2, -0.15) is 0 Å². The predicted molar refractivity (Wildman–Crippen MR) is 94.4 cm³/mol. The second-order valence-electron chi connectivity index (χ2n) is 8.71. The Labute approximate surface area is 149 Å². The van der Waals surface area contributed by atoms with Crippen molar-refractivity contribution in [2.45, 2.75) is 58.6 Å². The van der Waals surface area contributed by atoms with E-state index in [1.165, 1.54) is 6.07 Å². The molecule has 4 heteroatoms. The van der Waals surface area contributed by atoms with Gasteiger partial charge in [0.25, 0.3) is 0 Å². The number of amides is 1. The summed E-state index contributed by atoms with van der Waals surface area (Å²) < 4.78 is 20.5. The Morgan fingerprint density at radius 1 is 1.36 bits per heavy atom. The quantitative estimate of drug-likeness (QED) is 0.890. The van der Waals surface area contributed by atoms with Gasteiger partial charge in [-0.1, -0.05) is 39.0 Å². The van der Waals surface area contributed by atoms with Gasteiger partial charge in [0.1, 0.15) is 5.82 Å². The molecule has 3 aliphatic rings. The molecule has 2 aliphatic carbocycles. The van der Waals surface area contributed by atoms with Crippen LogP contribution in [0.5, 0.6) is 0 Å². The maximum atomic E-state index is 14.4. The van der Waals surface area contributed by atoms with Gasteiger partial charge in [-0.15, -0.1) is 0 Å². The molecule has 1 N–H and O–H groups in total. The molecule has 1 spiro atoms. The average molecular weight is 345 g/mol. The van der Waals surface area contributed by atoms with E-state index in [0.29, 0.717) is 24.5 Å². The van der Waals surface area contributed by atoms with Crippen molar-refractivity contribution in [2.24, 2.45) is 22.7 Å². The van der Waals surface area contributed by atoms with E-state index in [-0.39, 0.29) is 40.6 Å². The molecule has 1 aromatic carbocycles. The summed E-state index contributed by atoms with van der Waals surface area (Å²) in [6.45, 7) is 7.11. The van der Waals surface area contributed by atoms with Crippen molar-refractivity contribution >= 4 is 5.91 Å². The zero-order valence-corrected chi connectivity index (χ0v) is 15.3. The van der Waals surface area contributed by atoms with E-state index in [1.807, 2.05) is 19.1 Å². The van der Waals surface area contributed by atoms with Crippen molar-refractivity contribution in [1.29, 1.82) is 0 Å². The van der Waals surface area contributed by atoms with Gasteiger partial charge in [-0.25, -0.2) is 4.39 Å². The van der Waals surface area contributed by atoms with Crippen LogP contribution >= 0.6 is 0 Å². The van der Waals surface area contributed by atoms with Gasteiger partial charge >= 0.3 is 0 Å². The Hall–Kier alpha value is -1.42. The fourth-order valence-corrected chi connectivity index (χ4v) is 6.06. The van der Waals surface area contributed by atoms with Crippen LogP contribution in [0, 0.1) is 28.5 Å². The number of nitrogens with one attached hydrogen (secondary N) is 1. The molecule has 136 valence electrons. The molecule has 0 aromatic heterocycles. The SMILES string of the molecule is CCC(=O)N[C@H]1C(C)(C)[C@@H]2C[C@@H]3[C@@H](c4ccccc4F)OCCC31C2. The number of carbonyl (C=O) groups is 1. The number of benzene rings is 1. The maximum Gasteiger partial charge on any atom is 0.219 e. The van der Waals surface area contributed by atoms with Crippen molar-refractivity contribution < 1.29 is 13.9 Å². The molecule has 1 aliphatic heterocycles. The summed E-state index contributed by atoms with van der Waals surface area (Å²) >= 11 is 0. The number of halogens is 1. The number of hydrogen-bond acceptors (Lipinski definition) is 2. The van der Waals surface area contributed by atoms with Gasteiger partial charge in [0, 0.05) is 24.6 Å². The summed E-state index contributed by atoms with van der Waals surface area (Å²) in [5.74, 6) is 0.766. The lowest BCUT2D eigenvalue weighted by atomic mass is 9.58. The topological polar surface area (TPSA) is 38.3 Å². The molecule has 1 unspecified atom stereocenters. The van der Waals surface area contributed by atoms with Crippen molar-refractivity contribution in [3.8, 4) is 0 Å². The highest BCUT2D eigenvalue weighted by Crippen LogP contribution is 2.70. The Kier molecular flexibility index (Phi) is 3.95. The Morgan fingerprint density at radius 3 is 2.84 bits per heavy atom. The molecule has 4 rings (SSSR count). The van der Waals surface area contributed by atoms with E-state index >= 15 is 0 Å². The van der Waals surface area contributed by atoms with Gasteiger partial charge in [-0.05, 0) is 48.0 Å². The molecule has 1 saturated heterocycles. The highest BCUT2D eigenvalue weighted by molar-refractivity contribution is 5.76. The first kappa shape index (κ1) is 17.0. The highest BCUT2D eigenvalue weighted by Gasteiger charge is 2.68. The predicted octanol–water partition coefficient (Wildman–Crippen LogP) is 4.23. The number of fused-ring (bicyclic) bond motifs is 1. The van der Waals surface area contributed by atoms with E-state index in [4.69, 9.17) is 4.74 Å². The summed E-state index contributed by atoms with van der Waals surface area (Å²) in [7, 11) is 0. The summed E-state index contributed by atoms with van der Waals surface area (Å²) in [6, 6.07) is 7.14. The van der Waals surface area contributed by atoms with Gasteiger partial charge in [-0.3, -0.25) is 4.79 Å². The summed E-state index contributed by atoms with van der Waals surface area (Å²) in [6.07, 6.45) is 3.44. The molecular weight excluding hydrogens is 317 g/mol. The van der Waals surface area contributed by atoms with Crippen molar-refractivity contribution in [3.63, 3.8) is 0 Å². The van der Waals surface area contributed by atoms with Gasteiger partial charge in [0.15, 0.2) is 0 Å². The van der Waals surface area contributed by atoms with Crippen LogP contribution in [-0.4, -0.2) is 18.6 Å². The Bertz CT molecular complexity index is 688. The fourth-order valence-electron chi connectivity index (χ4n) is 6.06. The lowest BCUT2D eigenvalue weighted by molar-refractivity contribution is -0.137. The zero-order valence-electron chi connectivity index (χ0n) is 15.3. The van der Waals surface area contributed by atoms with Crippen LogP contribution in [0.2, 0.25) is 0 Å². The van der Waals surface area contributed by atoms with Crippen LogP contribution in [0.25, 0.3) is 0 Å². The smallest absolute Gasteiger partial charge is 0.219 e. The van der Waals surface area contributed by atoms with E-state index in [9.17, 15) is 9.18 Å². The number of ether oxygens (including phenoxy) is 1. The standard InChI is InChI=1S/C21H28FNO2/c1-4-17(24)23-19-20(2,3)13-11-15-18(14-7-5-6-8-16(14)22)25-10-9-21(15,19)12-13/h5-8,13,15,18-19H,4,9-12H2,1-3H3,(H,23,24)/t13-,15-,18-,19+,21?/m1/s1. The molecule has 0 radical (unpaired) electrons. The van der Waals surface area contributed by atoms with Crippen LogP contribution in [0.4, 0.5) is 4.39 Å². The summed E-state index contributed by atoms with van der Waals surface area (Å²) in [5.41, 5.74) is 0.792. The Morgan fingerprint density at radius 2 is 2.12 bits per heavy atom. The third-order valence-electron chi connectivity index (χ3n) is 7.34. The maximum absolute atomic E-state index is 14.4. The van der Waals surface area contributed by atoms with Gasteiger partial charge in [0.05, 0.1) is 6.10 Å². The summed E-state index contributed by atoms with van der Waals surface area (Å²) in [4.78, 5) is 12.2. The lowest BCUT2D eigenvalue weighted by Gasteiger charge is -2.53. The van der Waals surface area contributed by atoms with E-state index in [0.717, 1.165) is 19.3 Å². The molecule has 5 atom stereocenters. The Balaban J connectivity index is 1.72. The molecule has 2 bridgehead atoms. The van der Waals surface area contributed by atoms with Gasteiger partial charge in [0.2, 0.25) is 5.91 Å². The second kappa shape index (κ2) is 5.80. The number of carbonyl (C=O) groups excluding carboxylic acids is 1. The van der Waals surface area contributed by atoms with Crippen LogP contribution in [-0.2, 0) is 9.53 Å². The minimum Gasteiger partial charge on any atom is -0.373 e. The number of hydrogen-bond donors (Lipinski definition) is 1. The van der Waals surface area contributed by atoms with E-state index < -0.39 is 0 Å². The zero-order chi connectivity index (χ0) is 17.8. The van der Waals surface area contributed by atoms with Crippen molar-refractivity contribution in [3.05, 3.63) is 35.6 Å².